The average molecular weight is 616 g/mol. The SMILES string of the molecule is COc1ccc(C2(c3ccc(N4CCCCC4)cc3)C=Cc3c4c(c5ccccc5c3O2)-c2ccccc2C42CC3CCC2C3)cc1. The van der Waals surface area contributed by atoms with E-state index in [-0.39, 0.29) is 5.41 Å². The molecule has 234 valence electrons. The van der Waals surface area contributed by atoms with E-state index in [9.17, 15) is 0 Å². The van der Waals surface area contributed by atoms with Crippen molar-refractivity contribution in [2.45, 2.75) is 56.0 Å². The topological polar surface area (TPSA) is 21.7 Å². The van der Waals surface area contributed by atoms with Crippen molar-refractivity contribution in [1.82, 2.24) is 0 Å². The number of benzene rings is 5. The van der Waals surface area contributed by atoms with Gasteiger partial charge in [0.25, 0.3) is 0 Å². The highest BCUT2D eigenvalue weighted by atomic mass is 16.5. The van der Waals surface area contributed by atoms with Crippen molar-refractivity contribution in [1.29, 1.82) is 0 Å². The van der Waals surface area contributed by atoms with Gasteiger partial charge in [0.05, 0.1) is 7.11 Å². The molecule has 0 aromatic heterocycles. The van der Waals surface area contributed by atoms with Crippen molar-refractivity contribution in [3.05, 3.63) is 131 Å². The smallest absolute Gasteiger partial charge is 0.178 e. The normalized spacial score (nSPS) is 26.7. The summed E-state index contributed by atoms with van der Waals surface area (Å²) in [6.07, 6.45) is 14.0. The number of fused-ring (bicyclic) bond motifs is 13. The van der Waals surface area contributed by atoms with Gasteiger partial charge in [0.1, 0.15) is 11.5 Å². The number of methoxy groups -OCH3 is 1. The van der Waals surface area contributed by atoms with E-state index in [1.807, 2.05) is 0 Å². The Balaban J connectivity index is 1.20. The summed E-state index contributed by atoms with van der Waals surface area (Å²) < 4.78 is 13.2. The third-order valence-electron chi connectivity index (χ3n) is 12.5. The van der Waals surface area contributed by atoms with E-state index >= 15 is 0 Å². The maximum Gasteiger partial charge on any atom is 0.178 e. The lowest BCUT2D eigenvalue weighted by molar-refractivity contribution is 0.163. The van der Waals surface area contributed by atoms with Crippen LogP contribution in [-0.2, 0) is 11.0 Å². The summed E-state index contributed by atoms with van der Waals surface area (Å²) in [4.78, 5) is 2.53. The molecule has 2 heterocycles. The van der Waals surface area contributed by atoms with Gasteiger partial charge < -0.3 is 14.4 Å². The third kappa shape index (κ3) is 3.80. The van der Waals surface area contributed by atoms with Gasteiger partial charge in [-0.25, -0.2) is 0 Å². The van der Waals surface area contributed by atoms with E-state index in [0.717, 1.165) is 41.6 Å². The van der Waals surface area contributed by atoms with Gasteiger partial charge >= 0.3 is 0 Å². The highest BCUT2D eigenvalue weighted by molar-refractivity contribution is 6.08. The molecule has 1 spiro atoms. The lowest BCUT2D eigenvalue weighted by Gasteiger charge is -2.41. The fraction of sp³-hybridized carbons (Fsp3) is 0.318. The molecule has 4 unspecified atom stereocenters. The number of ether oxygens (including phenoxy) is 2. The first-order valence-corrected chi connectivity index (χ1v) is 17.8. The molecule has 3 heteroatoms. The second kappa shape index (κ2) is 10.2. The fourth-order valence-corrected chi connectivity index (χ4v) is 10.4. The minimum absolute atomic E-state index is 0.0624. The minimum atomic E-state index is -0.774. The van der Waals surface area contributed by atoms with Crippen LogP contribution in [0, 0.1) is 11.8 Å². The highest BCUT2D eigenvalue weighted by Gasteiger charge is 2.58. The van der Waals surface area contributed by atoms with Gasteiger partial charge in [-0.1, -0.05) is 85.3 Å². The van der Waals surface area contributed by atoms with E-state index in [0.29, 0.717) is 5.92 Å². The maximum absolute atomic E-state index is 7.63. The molecule has 2 saturated carbocycles. The van der Waals surface area contributed by atoms with Crippen LogP contribution in [0.4, 0.5) is 5.69 Å². The number of piperidine rings is 1. The molecule has 47 heavy (non-hydrogen) atoms. The number of hydrogen-bond acceptors (Lipinski definition) is 3. The van der Waals surface area contributed by atoms with Gasteiger partial charge in [-0.15, -0.1) is 0 Å². The molecule has 0 amide bonds. The molecule has 3 nitrogen and oxygen atoms in total. The molecular formula is C44H41NO2. The van der Waals surface area contributed by atoms with E-state index in [4.69, 9.17) is 9.47 Å². The summed E-state index contributed by atoms with van der Waals surface area (Å²) in [5.74, 6) is 3.37. The second-order valence-corrected chi connectivity index (χ2v) is 14.6. The molecule has 5 aromatic carbocycles. The van der Waals surface area contributed by atoms with E-state index in [2.05, 4.69) is 114 Å². The number of nitrogens with zero attached hydrogens (tertiary/aromatic N) is 1. The van der Waals surface area contributed by atoms with Crippen LogP contribution in [-0.4, -0.2) is 20.2 Å². The molecule has 2 aliphatic heterocycles. The third-order valence-corrected chi connectivity index (χ3v) is 12.5. The predicted molar refractivity (Wildman–Crippen MR) is 192 cm³/mol. The van der Waals surface area contributed by atoms with Crippen molar-refractivity contribution < 1.29 is 9.47 Å². The minimum Gasteiger partial charge on any atom is -0.497 e. The van der Waals surface area contributed by atoms with Crippen LogP contribution in [0.3, 0.4) is 0 Å². The Hall–Kier alpha value is -4.50. The molecule has 0 N–H and O–H groups in total. The average Bonchev–Trinajstić information content (AvgIpc) is 3.85. The Bertz CT molecular complexity index is 2050. The van der Waals surface area contributed by atoms with Crippen molar-refractivity contribution in [3.63, 3.8) is 0 Å². The summed E-state index contributed by atoms with van der Waals surface area (Å²) in [7, 11) is 1.73. The number of anilines is 1. The summed E-state index contributed by atoms with van der Waals surface area (Å²) in [5.41, 5.74) is 10.1. The molecule has 5 aliphatic rings. The van der Waals surface area contributed by atoms with Gasteiger partial charge in [-0.3, -0.25) is 0 Å². The van der Waals surface area contributed by atoms with Gasteiger partial charge in [0, 0.05) is 46.3 Å². The molecule has 0 radical (unpaired) electrons. The van der Waals surface area contributed by atoms with Crippen molar-refractivity contribution >= 4 is 22.5 Å². The van der Waals surface area contributed by atoms with E-state index in [1.165, 1.54) is 83.7 Å². The summed E-state index contributed by atoms with van der Waals surface area (Å²) >= 11 is 0. The van der Waals surface area contributed by atoms with Crippen LogP contribution in [0.15, 0.2) is 103 Å². The van der Waals surface area contributed by atoms with Crippen molar-refractivity contribution in [3.8, 4) is 22.6 Å². The quantitative estimate of drug-likeness (QED) is 0.201. The summed E-state index contributed by atoms with van der Waals surface area (Å²) in [5, 5.41) is 2.51. The Morgan fingerprint density at radius 1 is 0.766 bits per heavy atom. The van der Waals surface area contributed by atoms with Gasteiger partial charge in [0.2, 0.25) is 0 Å². The van der Waals surface area contributed by atoms with Gasteiger partial charge in [-0.05, 0) is 108 Å². The molecule has 1 saturated heterocycles. The van der Waals surface area contributed by atoms with Crippen LogP contribution in [0.25, 0.3) is 28.0 Å². The van der Waals surface area contributed by atoms with Crippen molar-refractivity contribution in [2.24, 2.45) is 11.8 Å². The first-order chi connectivity index (χ1) is 23.2. The van der Waals surface area contributed by atoms with Crippen molar-refractivity contribution in [2.75, 3.05) is 25.1 Å². The first kappa shape index (κ1) is 27.6. The standard InChI is InChI=1S/C44H41NO2/c1-46-34-21-17-31(18-22-34)44(30-15-19-33(20-16-30)45-25-7-2-8-26-45)24-23-38-41-40(35-9-3-4-10-36(35)42(38)47-44)37-11-5-6-12-39(37)43(41)28-29-13-14-32(43)27-29/h3-6,9-12,15-24,29,32H,2,7-8,13-14,25-28H2,1H3. The highest BCUT2D eigenvalue weighted by Crippen LogP contribution is 2.68. The first-order valence-electron chi connectivity index (χ1n) is 17.8. The lowest BCUT2D eigenvalue weighted by atomic mass is 9.65. The lowest BCUT2D eigenvalue weighted by Crippen LogP contribution is -2.36. The maximum atomic E-state index is 7.63. The Morgan fingerprint density at radius 2 is 1.49 bits per heavy atom. The fourth-order valence-electron chi connectivity index (χ4n) is 10.4. The Labute approximate surface area is 277 Å². The van der Waals surface area contributed by atoms with E-state index < -0.39 is 5.60 Å². The molecule has 2 bridgehead atoms. The summed E-state index contributed by atoms with van der Waals surface area (Å²) in [6, 6.07) is 36.0. The molecule has 4 atom stereocenters. The van der Waals surface area contributed by atoms with Crippen LogP contribution in [0.1, 0.15) is 72.8 Å². The zero-order valence-corrected chi connectivity index (χ0v) is 27.2. The van der Waals surface area contributed by atoms with Crippen LogP contribution < -0.4 is 14.4 Å². The van der Waals surface area contributed by atoms with Crippen LogP contribution >= 0.6 is 0 Å². The number of hydrogen-bond donors (Lipinski definition) is 0. The Kier molecular flexibility index (Phi) is 6.02. The van der Waals surface area contributed by atoms with Gasteiger partial charge in [0.15, 0.2) is 5.60 Å². The monoisotopic (exact) mass is 615 g/mol. The summed E-state index contributed by atoms with van der Waals surface area (Å²) in [6.45, 7) is 2.27. The molecular weight excluding hydrogens is 574 g/mol. The van der Waals surface area contributed by atoms with E-state index in [1.54, 1.807) is 12.7 Å². The zero-order valence-electron chi connectivity index (χ0n) is 27.2. The molecule has 10 rings (SSSR count). The Morgan fingerprint density at radius 3 is 2.21 bits per heavy atom. The molecule has 5 aromatic rings. The van der Waals surface area contributed by atoms with Crippen LogP contribution in [0.5, 0.6) is 11.5 Å². The van der Waals surface area contributed by atoms with Gasteiger partial charge in [-0.2, -0.15) is 0 Å². The zero-order chi connectivity index (χ0) is 31.2. The second-order valence-electron chi connectivity index (χ2n) is 14.6. The van der Waals surface area contributed by atoms with Crippen LogP contribution in [0.2, 0.25) is 0 Å². The molecule has 3 aliphatic carbocycles. The molecule has 3 fully saturated rings. The predicted octanol–water partition coefficient (Wildman–Crippen LogP) is 10.3. The number of rotatable bonds is 4. The largest absolute Gasteiger partial charge is 0.497 e.